The number of ketones is 1. The predicted molar refractivity (Wildman–Crippen MR) is 102 cm³/mol. The van der Waals surface area contributed by atoms with Crippen molar-refractivity contribution < 1.29 is 14.3 Å². The van der Waals surface area contributed by atoms with Crippen LogP contribution in [-0.4, -0.2) is 33.8 Å². The van der Waals surface area contributed by atoms with Gasteiger partial charge in [-0.15, -0.1) is 11.3 Å². The van der Waals surface area contributed by atoms with E-state index < -0.39 is 5.97 Å². The van der Waals surface area contributed by atoms with Gasteiger partial charge in [0.1, 0.15) is 0 Å². The number of para-hydroxylation sites is 1. The highest BCUT2D eigenvalue weighted by Crippen LogP contribution is 2.21. The maximum atomic E-state index is 12.8. The van der Waals surface area contributed by atoms with Gasteiger partial charge in [-0.2, -0.15) is 0 Å². The first-order chi connectivity index (χ1) is 13.2. The number of fused-ring (bicyclic) bond motifs is 1. The molecule has 0 unspecified atom stereocenters. The quantitative estimate of drug-likeness (QED) is 0.424. The Labute approximate surface area is 158 Å². The fourth-order valence-corrected chi connectivity index (χ4v) is 3.60. The summed E-state index contributed by atoms with van der Waals surface area (Å²) in [6.45, 7) is 0. The average molecular weight is 377 g/mol. The number of nitrogens with zero attached hydrogens (tertiary/aromatic N) is 2. The molecule has 0 bridgehead atoms. The van der Waals surface area contributed by atoms with Crippen LogP contribution in [-0.2, 0) is 11.2 Å². The number of ether oxygens (including phenoxy) is 1. The van der Waals surface area contributed by atoms with Crippen LogP contribution in [0.25, 0.3) is 10.9 Å². The number of aromatic nitrogens is 3. The van der Waals surface area contributed by atoms with Gasteiger partial charge in [0.15, 0.2) is 11.5 Å². The van der Waals surface area contributed by atoms with Gasteiger partial charge in [0.2, 0.25) is 0 Å². The second kappa shape index (κ2) is 7.13. The highest BCUT2D eigenvalue weighted by Gasteiger charge is 2.15. The van der Waals surface area contributed by atoms with Crippen LogP contribution in [0, 0.1) is 0 Å². The summed E-state index contributed by atoms with van der Waals surface area (Å²) in [5, 5.41) is 3.32. The van der Waals surface area contributed by atoms with Crippen molar-refractivity contribution in [1.82, 2.24) is 15.0 Å². The number of thiazole rings is 1. The number of benzene rings is 1. The van der Waals surface area contributed by atoms with E-state index in [2.05, 4.69) is 19.7 Å². The third kappa shape index (κ3) is 3.37. The molecule has 3 aromatic heterocycles. The van der Waals surface area contributed by atoms with E-state index in [0.717, 1.165) is 21.6 Å². The predicted octanol–water partition coefficient (Wildman–Crippen LogP) is 3.63. The van der Waals surface area contributed by atoms with Crippen LogP contribution in [0.15, 0.2) is 54.2 Å². The minimum atomic E-state index is -0.454. The van der Waals surface area contributed by atoms with Crippen LogP contribution >= 0.6 is 11.3 Å². The number of carbonyl (C=O) groups is 2. The number of carbonyl (C=O) groups excluding carboxylic acids is 2. The lowest BCUT2D eigenvalue weighted by Crippen LogP contribution is -2.03. The number of hydrogen-bond acceptors (Lipinski definition) is 6. The molecule has 0 fully saturated rings. The average Bonchev–Trinajstić information content (AvgIpc) is 3.34. The fourth-order valence-electron chi connectivity index (χ4n) is 2.82. The van der Waals surface area contributed by atoms with E-state index in [1.165, 1.54) is 18.4 Å². The molecule has 134 valence electrons. The molecular weight excluding hydrogens is 362 g/mol. The van der Waals surface area contributed by atoms with Gasteiger partial charge in [-0.05, 0) is 18.2 Å². The number of nitrogens with one attached hydrogen (secondary N) is 1. The van der Waals surface area contributed by atoms with E-state index >= 15 is 0 Å². The van der Waals surface area contributed by atoms with Gasteiger partial charge < -0.3 is 9.72 Å². The lowest BCUT2D eigenvalue weighted by Gasteiger charge is -2.02. The van der Waals surface area contributed by atoms with Crippen LogP contribution in [0.4, 0.5) is 0 Å². The van der Waals surface area contributed by atoms with E-state index in [1.807, 2.05) is 24.3 Å². The van der Waals surface area contributed by atoms with Gasteiger partial charge in [-0.1, -0.05) is 18.2 Å². The molecule has 4 aromatic rings. The molecule has 0 amide bonds. The van der Waals surface area contributed by atoms with Crippen molar-refractivity contribution in [3.63, 3.8) is 0 Å². The van der Waals surface area contributed by atoms with Crippen molar-refractivity contribution in [2.75, 3.05) is 7.11 Å². The van der Waals surface area contributed by atoms with Gasteiger partial charge in [0.25, 0.3) is 0 Å². The Hall–Kier alpha value is -3.32. The van der Waals surface area contributed by atoms with Crippen molar-refractivity contribution in [3.05, 3.63) is 81.7 Å². The monoisotopic (exact) mass is 377 g/mol. The van der Waals surface area contributed by atoms with Crippen LogP contribution in [0.5, 0.6) is 0 Å². The van der Waals surface area contributed by atoms with E-state index in [9.17, 15) is 9.59 Å². The molecule has 0 aliphatic rings. The first-order valence-corrected chi connectivity index (χ1v) is 9.12. The highest BCUT2D eigenvalue weighted by atomic mass is 32.1. The first-order valence-electron chi connectivity index (χ1n) is 8.24. The molecule has 0 radical (unpaired) electrons. The number of esters is 1. The molecule has 0 aliphatic heterocycles. The van der Waals surface area contributed by atoms with Crippen molar-refractivity contribution >= 4 is 34.0 Å². The zero-order valence-corrected chi connectivity index (χ0v) is 15.2. The van der Waals surface area contributed by atoms with Gasteiger partial charge in [-0.25, -0.2) is 9.78 Å². The van der Waals surface area contributed by atoms with Crippen LogP contribution in [0.1, 0.15) is 37.1 Å². The molecule has 1 N–H and O–H groups in total. The summed E-state index contributed by atoms with van der Waals surface area (Å²) in [6, 6.07) is 11.3. The molecule has 1 aromatic carbocycles. The highest BCUT2D eigenvalue weighted by molar-refractivity contribution is 7.09. The van der Waals surface area contributed by atoms with Crippen LogP contribution < -0.4 is 0 Å². The Balaban J connectivity index is 1.52. The summed E-state index contributed by atoms with van der Waals surface area (Å²) in [5.74, 6) is -0.529. The third-order valence-corrected chi connectivity index (χ3v) is 5.05. The van der Waals surface area contributed by atoms with Crippen LogP contribution in [0.3, 0.4) is 0 Å². The summed E-state index contributed by atoms with van der Waals surface area (Å²) in [6.07, 6.45) is 3.79. The van der Waals surface area contributed by atoms with Crippen molar-refractivity contribution in [1.29, 1.82) is 0 Å². The van der Waals surface area contributed by atoms with E-state index in [0.29, 0.717) is 23.2 Å². The Morgan fingerprint density at radius 2 is 2.04 bits per heavy atom. The summed E-state index contributed by atoms with van der Waals surface area (Å²) < 4.78 is 4.66. The number of H-pyrrole nitrogens is 1. The van der Waals surface area contributed by atoms with E-state index in [1.54, 1.807) is 29.9 Å². The number of pyridine rings is 1. The molecule has 4 rings (SSSR count). The largest absolute Gasteiger partial charge is 0.464 e. The van der Waals surface area contributed by atoms with Crippen LogP contribution in [0.2, 0.25) is 0 Å². The SMILES string of the molecule is COC(=O)c1csc(Cc2ccc(C(=O)c3c[nH]c4ccccc34)cn2)n1. The summed E-state index contributed by atoms with van der Waals surface area (Å²) >= 11 is 1.38. The number of hydrogen-bond donors (Lipinski definition) is 1. The minimum Gasteiger partial charge on any atom is -0.464 e. The standard InChI is InChI=1S/C20H15N3O3S/c1-26-20(25)17-11-27-18(23-17)8-13-7-6-12(9-21-13)19(24)15-10-22-16-5-3-2-4-14(15)16/h2-7,9-11,22H,8H2,1H3. The molecule has 3 heterocycles. The smallest absolute Gasteiger partial charge is 0.357 e. The second-order valence-electron chi connectivity index (χ2n) is 5.91. The molecule has 0 atom stereocenters. The molecule has 27 heavy (non-hydrogen) atoms. The molecule has 0 spiro atoms. The maximum Gasteiger partial charge on any atom is 0.357 e. The normalized spacial score (nSPS) is 10.9. The molecule has 0 saturated heterocycles. The second-order valence-corrected chi connectivity index (χ2v) is 6.85. The van der Waals surface area contributed by atoms with E-state index in [4.69, 9.17) is 0 Å². The van der Waals surface area contributed by atoms with Crippen molar-refractivity contribution in [3.8, 4) is 0 Å². The lowest BCUT2D eigenvalue weighted by molar-refractivity contribution is 0.0594. The molecule has 7 heteroatoms. The number of aromatic amines is 1. The molecular formula is C20H15N3O3S. The van der Waals surface area contributed by atoms with Gasteiger partial charge in [-0.3, -0.25) is 9.78 Å². The topological polar surface area (TPSA) is 84.9 Å². The zero-order valence-electron chi connectivity index (χ0n) is 14.4. The lowest BCUT2D eigenvalue weighted by atomic mass is 10.0. The number of rotatable bonds is 5. The van der Waals surface area contributed by atoms with Gasteiger partial charge in [0, 0.05) is 51.9 Å². The Bertz CT molecular complexity index is 1130. The van der Waals surface area contributed by atoms with Crippen molar-refractivity contribution in [2.24, 2.45) is 0 Å². The summed E-state index contributed by atoms with van der Waals surface area (Å²) in [4.78, 5) is 36.0. The summed E-state index contributed by atoms with van der Waals surface area (Å²) in [7, 11) is 1.33. The van der Waals surface area contributed by atoms with Gasteiger partial charge in [0.05, 0.1) is 12.1 Å². The number of methoxy groups -OCH3 is 1. The fraction of sp³-hybridized carbons (Fsp3) is 0.100. The van der Waals surface area contributed by atoms with Crippen molar-refractivity contribution in [2.45, 2.75) is 6.42 Å². The minimum absolute atomic E-state index is 0.0753. The Morgan fingerprint density at radius 1 is 1.19 bits per heavy atom. The Kier molecular flexibility index (Phi) is 4.52. The zero-order chi connectivity index (χ0) is 18.8. The Morgan fingerprint density at radius 3 is 2.81 bits per heavy atom. The van der Waals surface area contributed by atoms with E-state index in [-0.39, 0.29) is 5.78 Å². The summed E-state index contributed by atoms with van der Waals surface area (Å²) in [5.41, 5.74) is 3.15. The molecule has 0 saturated carbocycles. The van der Waals surface area contributed by atoms with Gasteiger partial charge >= 0.3 is 5.97 Å². The molecule has 6 nitrogen and oxygen atoms in total. The maximum absolute atomic E-state index is 12.8. The third-order valence-electron chi connectivity index (χ3n) is 4.20. The molecule has 0 aliphatic carbocycles. The first kappa shape index (κ1) is 17.1.